The third kappa shape index (κ3) is 4.37. The van der Waals surface area contributed by atoms with Crippen LogP contribution in [0.4, 0.5) is 9.80 Å². The molecule has 0 aliphatic rings. The van der Waals surface area contributed by atoms with Gasteiger partial charge in [0.15, 0.2) is 5.78 Å². The van der Waals surface area contributed by atoms with Gasteiger partial charge in [-0.3, -0.25) is 9.59 Å². The number of amides is 2. The molecule has 2 rings (SSSR count). The molecule has 0 bridgehead atoms. The Kier molecular flexibility index (Phi) is 5.81. The van der Waals surface area contributed by atoms with Crippen molar-refractivity contribution in [3.63, 3.8) is 0 Å². The maximum Gasteiger partial charge on any atom is 0.405 e. The highest BCUT2D eigenvalue weighted by atomic mass is 35.5. The standard InChI is InChI=1S/C17H17ClN2O4S/c1-8-10(3)25-16(20-15(22)9(2)19-17(23)24)13(8)14(21)11-4-6-12(18)7-5-11/h4-7,9,19H,1-3H3,(H,20,22)(H,23,24)/t9-/m0/s1. The summed E-state index contributed by atoms with van der Waals surface area (Å²) >= 11 is 7.13. The van der Waals surface area contributed by atoms with Gasteiger partial charge < -0.3 is 15.7 Å². The molecule has 0 unspecified atom stereocenters. The molecule has 3 N–H and O–H groups in total. The topological polar surface area (TPSA) is 95.5 Å². The minimum atomic E-state index is -1.29. The fourth-order valence-electron chi connectivity index (χ4n) is 2.20. The van der Waals surface area contributed by atoms with Crippen molar-refractivity contribution in [3.05, 3.63) is 50.9 Å². The van der Waals surface area contributed by atoms with Crippen LogP contribution < -0.4 is 10.6 Å². The van der Waals surface area contributed by atoms with Gasteiger partial charge in [0.2, 0.25) is 5.91 Å². The molecule has 1 heterocycles. The molecule has 0 fully saturated rings. The summed E-state index contributed by atoms with van der Waals surface area (Å²) in [5, 5.41) is 14.4. The van der Waals surface area contributed by atoms with Gasteiger partial charge in [-0.15, -0.1) is 11.3 Å². The minimum Gasteiger partial charge on any atom is -0.465 e. The molecule has 1 atom stereocenters. The van der Waals surface area contributed by atoms with Crippen LogP contribution in [-0.4, -0.2) is 28.9 Å². The number of nitrogens with one attached hydrogen (secondary N) is 2. The van der Waals surface area contributed by atoms with E-state index in [1.807, 2.05) is 13.8 Å². The van der Waals surface area contributed by atoms with E-state index in [-0.39, 0.29) is 5.78 Å². The molecule has 132 valence electrons. The van der Waals surface area contributed by atoms with E-state index in [4.69, 9.17) is 16.7 Å². The van der Waals surface area contributed by atoms with Crippen molar-refractivity contribution in [2.75, 3.05) is 5.32 Å². The second-order valence-corrected chi connectivity index (χ2v) is 7.14. The molecule has 0 aliphatic carbocycles. The Bertz CT molecular complexity index is 830. The van der Waals surface area contributed by atoms with Gasteiger partial charge in [-0.1, -0.05) is 11.6 Å². The van der Waals surface area contributed by atoms with Crippen LogP contribution in [0.5, 0.6) is 0 Å². The summed E-state index contributed by atoms with van der Waals surface area (Å²) in [5.41, 5.74) is 1.64. The van der Waals surface area contributed by atoms with Crippen molar-refractivity contribution in [3.8, 4) is 0 Å². The predicted molar refractivity (Wildman–Crippen MR) is 97.9 cm³/mol. The Hall–Kier alpha value is -2.38. The SMILES string of the molecule is Cc1sc(NC(=O)[C@H](C)NC(=O)O)c(C(=O)c2ccc(Cl)cc2)c1C. The molecule has 1 aromatic heterocycles. The van der Waals surface area contributed by atoms with E-state index < -0.39 is 18.0 Å². The molecular formula is C17H17ClN2O4S. The van der Waals surface area contributed by atoms with Gasteiger partial charge in [0, 0.05) is 15.5 Å². The molecule has 8 heteroatoms. The van der Waals surface area contributed by atoms with E-state index in [2.05, 4.69) is 10.6 Å². The average Bonchev–Trinajstić information content (AvgIpc) is 2.81. The smallest absolute Gasteiger partial charge is 0.405 e. The number of halogens is 1. The lowest BCUT2D eigenvalue weighted by Gasteiger charge is -2.12. The molecule has 0 radical (unpaired) electrons. The first-order valence-corrected chi connectivity index (χ1v) is 8.60. The molecular weight excluding hydrogens is 364 g/mol. The van der Waals surface area contributed by atoms with Crippen LogP contribution in [0.3, 0.4) is 0 Å². The average molecular weight is 381 g/mol. The highest BCUT2D eigenvalue weighted by Gasteiger charge is 2.24. The normalized spacial score (nSPS) is 11.7. The molecule has 2 amide bonds. The number of thiophene rings is 1. The summed E-state index contributed by atoms with van der Waals surface area (Å²) in [6.45, 7) is 5.09. The van der Waals surface area contributed by atoms with E-state index >= 15 is 0 Å². The zero-order chi connectivity index (χ0) is 18.7. The molecule has 0 saturated heterocycles. The molecule has 0 saturated carbocycles. The number of ketones is 1. The van der Waals surface area contributed by atoms with Gasteiger partial charge >= 0.3 is 6.09 Å². The first-order chi connectivity index (χ1) is 11.7. The van der Waals surface area contributed by atoms with Crippen LogP contribution in [0, 0.1) is 13.8 Å². The largest absolute Gasteiger partial charge is 0.465 e. The van der Waals surface area contributed by atoms with E-state index in [0.29, 0.717) is 21.2 Å². The monoisotopic (exact) mass is 380 g/mol. The van der Waals surface area contributed by atoms with Crippen molar-refractivity contribution >= 4 is 45.7 Å². The summed E-state index contributed by atoms with van der Waals surface area (Å²) < 4.78 is 0. The molecule has 6 nitrogen and oxygen atoms in total. The van der Waals surface area contributed by atoms with Crippen LogP contribution in [-0.2, 0) is 4.79 Å². The van der Waals surface area contributed by atoms with Crippen LogP contribution in [0.2, 0.25) is 5.02 Å². The molecule has 2 aromatic rings. The summed E-state index contributed by atoms with van der Waals surface area (Å²) in [6.07, 6.45) is -1.29. The number of anilines is 1. The lowest BCUT2D eigenvalue weighted by atomic mass is 10.0. The van der Waals surface area contributed by atoms with Crippen molar-refractivity contribution in [1.29, 1.82) is 0 Å². The molecule has 1 aromatic carbocycles. The first kappa shape index (κ1) is 19.0. The van der Waals surface area contributed by atoms with E-state index in [1.54, 1.807) is 24.3 Å². The number of hydrogen-bond donors (Lipinski definition) is 3. The fraction of sp³-hybridized carbons (Fsp3) is 0.235. The van der Waals surface area contributed by atoms with Gasteiger partial charge in [-0.2, -0.15) is 0 Å². The number of carbonyl (C=O) groups is 3. The Morgan fingerprint density at radius 3 is 2.32 bits per heavy atom. The van der Waals surface area contributed by atoms with Gasteiger partial charge in [0.25, 0.3) is 0 Å². The summed E-state index contributed by atoms with van der Waals surface area (Å²) in [4.78, 5) is 36.6. The maximum atomic E-state index is 12.8. The van der Waals surface area contributed by atoms with Crippen LogP contribution in [0.25, 0.3) is 0 Å². The summed E-state index contributed by atoms with van der Waals surface area (Å²) in [7, 11) is 0. The van der Waals surface area contributed by atoms with Crippen molar-refractivity contribution in [2.45, 2.75) is 26.8 Å². The van der Waals surface area contributed by atoms with E-state index in [9.17, 15) is 14.4 Å². The maximum absolute atomic E-state index is 12.8. The predicted octanol–water partition coefficient (Wildman–Crippen LogP) is 3.84. The van der Waals surface area contributed by atoms with Crippen molar-refractivity contribution in [2.24, 2.45) is 0 Å². The van der Waals surface area contributed by atoms with E-state index in [1.165, 1.54) is 18.3 Å². The number of rotatable bonds is 5. The lowest BCUT2D eigenvalue weighted by Crippen LogP contribution is -2.40. The van der Waals surface area contributed by atoms with Gasteiger partial charge in [-0.25, -0.2) is 4.79 Å². The van der Waals surface area contributed by atoms with Gasteiger partial charge in [0.1, 0.15) is 11.0 Å². The van der Waals surface area contributed by atoms with Gasteiger partial charge in [0.05, 0.1) is 5.56 Å². The number of carboxylic acid groups (broad SMARTS) is 1. The quantitative estimate of drug-likeness (QED) is 0.686. The minimum absolute atomic E-state index is 0.229. The first-order valence-electron chi connectivity index (χ1n) is 7.41. The van der Waals surface area contributed by atoms with Crippen molar-refractivity contribution in [1.82, 2.24) is 5.32 Å². The van der Waals surface area contributed by atoms with Crippen LogP contribution in [0.1, 0.15) is 33.3 Å². The molecule has 0 spiro atoms. The Morgan fingerprint density at radius 2 is 1.76 bits per heavy atom. The second-order valence-electron chi connectivity index (χ2n) is 5.48. The Labute approximate surface area is 153 Å². The molecule has 0 aliphatic heterocycles. The van der Waals surface area contributed by atoms with Crippen molar-refractivity contribution < 1.29 is 19.5 Å². The zero-order valence-corrected chi connectivity index (χ0v) is 15.4. The fourth-order valence-corrected chi connectivity index (χ4v) is 3.39. The highest BCUT2D eigenvalue weighted by Crippen LogP contribution is 2.34. The second kappa shape index (κ2) is 7.67. The number of hydrogen-bond acceptors (Lipinski definition) is 4. The number of benzene rings is 1. The molecule has 25 heavy (non-hydrogen) atoms. The van der Waals surface area contributed by atoms with E-state index in [0.717, 1.165) is 10.4 Å². The lowest BCUT2D eigenvalue weighted by molar-refractivity contribution is -0.117. The Balaban J connectivity index is 2.33. The Morgan fingerprint density at radius 1 is 1.16 bits per heavy atom. The third-order valence-electron chi connectivity index (χ3n) is 3.69. The number of aryl methyl sites for hydroxylation is 1. The van der Waals surface area contributed by atoms with Crippen LogP contribution in [0.15, 0.2) is 24.3 Å². The zero-order valence-electron chi connectivity index (χ0n) is 13.8. The number of carbonyl (C=O) groups excluding carboxylic acids is 2. The van der Waals surface area contributed by atoms with Crippen LogP contribution >= 0.6 is 22.9 Å². The van der Waals surface area contributed by atoms with Gasteiger partial charge in [-0.05, 0) is 50.6 Å². The summed E-state index contributed by atoms with van der Waals surface area (Å²) in [6, 6.07) is 5.55. The third-order valence-corrected chi connectivity index (χ3v) is 5.06. The summed E-state index contributed by atoms with van der Waals surface area (Å²) in [5.74, 6) is -0.763. The highest BCUT2D eigenvalue weighted by molar-refractivity contribution is 7.16.